The normalized spacial score (nSPS) is 10.8. The SMILES string of the molecule is Cc1cc(C)c(OCC(=O)O)c(-c2cc(-c3ccc(Cl)cc3)n(Cc3ccccc3)n2)c1. The summed E-state index contributed by atoms with van der Waals surface area (Å²) >= 11 is 6.10. The van der Waals surface area contributed by atoms with Gasteiger partial charge in [-0.05, 0) is 60.4 Å². The Morgan fingerprint density at radius 1 is 1.03 bits per heavy atom. The molecule has 0 amide bonds. The minimum Gasteiger partial charge on any atom is -0.481 e. The highest BCUT2D eigenvalue weighted by Crippen LogP contribution is 2.36. The highest BCUT2D eigenvalue weighted by atomic mass is 35.5. The fraction of sp³-hybridized carbons (Fsp3) is 0.154. The minimum absolute atomic E-state index is 0.411. The Labute approximate surface area is 191 Å². The lowest BCUT2D eigenvalue weighted by atomic mass is 10.0. The van der Waals surface area contributed by atoms with Crippen LogP contribution in [-0.2, 0) is 11.3 Å². The van der Waals surface area contributed by atoms with Gasteiger partial charge in [0.25, 0.3) is 0 Å². The van der Waals surface area contributed by atoms with E-state index in [1.807, 2.05) is 79.2 Å². The van der Waals surface area contributed by atoms with Crippen LogP contribution in [0.5, 0.6) is 5.75 Å². The monoisotopic (exact) mass is 446 g/mol. The first-order valence-corrected chi connectivity index (χ1v) is 10.6. The van der Waals surface area contributed by atoms with Crippen LogP contribution in [0.4, 0.5) is 0 Å². The summed E-state index contributed by atoms with van der Waals surface area (Å²) in [7, 11) is 0. The standard InChI is InChI=1S/C26H23ClN2O3/c1-17-12-18(2)26(32-16-25(30)31)22(13-17)23-14-24(20-8-10-21(27)11-9-20)29(28-23)15-19-6-4-3-5-7-19/h3-14H,15-16H2,1-2H3,(H,30,31). The Bertz CT molecular complexity index is 1250. The van der Waals surface area contributed by atoms with Crippen LogP contribution in [0.1, 0.15) is 16.7 Å². The fourth-order valence-corrected chi connectivity index (χ4v) is 3.87. The number of rotatable bonds is 7. The molecule has 0 bridgehead atoms. The van der Waals surface area contributed by atoms with Crippen LogP contribution < -0.4 is 4.74 Å². The Hall–Kier alpha value is -3.57. The molecule has 1 heterocycles. The summed E-state index contributed by atoms with van der Waals surface area (Å²) in [5, 5.41) is 14.7. The van der Waals surface area contributed by atoms with Crippen LogP contribution in [0.2, 0.25) is 5.02 Å². The van der Waals surface area contributed by atoms with E-state index in [1.165, 1.54) is 0 Å². The number of aryl methyl sites for hydroxylation is 2. The Morgan fingerprint density at radius 3 is 2.44 bits per heavy atom. The Balaban J connectivity index is 1.84. The van der Waals surface area contributed by atoms with E-state index >= 15 is 0 Å². The average Bonchev–Trinajstić information content (AvgIpc) is 3.17. The highest BCUT2D eigenvalue weighted by Gasteiger charge is 2.18. The van der Waals surface area contributed by atoms with E-state index in [0.29, 0.717) is 17.3 Å². The van der Waals surface area contributed by atoms with Gasteiger partial charge in [0.15, 0.2) is 6.61 Å². The largest absolute Gasteiger partial charge is 0.481 e. The lowest BCUT2D eigenvalue weighted by Crippen LogP contribution is -2.11. The number of carboxylic acids is 1. The molecule has 5 nitrogen and oxygen atoms in total. The maximum Gasteiger partial charge on any atom is 0.341 e. The molecule has 6 heteroatoms. The predicted molar refractivity (Wildman–Crippen MR) is 126 cm³/mol. The number of aliphatic carboxylic acids is 1. The van der Waals surface area contributed by atoms with Crippen LogP contribution in [0, 0.1) is 13.8 Å². The van der Waals surface area contributed by atoms with Gasteiger partial charge in [0.2, 0.25) is 0 Å². The van der Waals surface area contributed by atoms with Crippen molar-refractivity contribution >= 4 is 17.6 Å². The number of halogens is 1. The van der Waals surface area contributed by atoms with E-state index in [1.54, 1.807) is 0 Å². The summed E-state index contributed by atoms with van der Waals surface area (Å²) in [6.45, 7) is 4.09. The molecule has 0 aliphatic heterocycles. The van der Waals surface area contributed by atoms with Gasteiger partial charge in [-0.15, -0.1) is 0 Å². The van der Waals surface area contributed by atoms with Crippen molar-refractivity contribution in [1.82, 2.24) is 9.78 Å². The number of carboxylic acid groups (broad SMARTS) is 1. The molecule has 0 fully saturated rings. The van der Waals surface area contributed by atoms with Crippen molar-refractivity contribution in [1.29, 1.82) is 0 Å². The number of nitrogens with zero attached hydrogens (tertiary/aromatic N) is 2. The van der Waals surface area contributed by atoms with Gasteiger partial charge in [-0.3, -0.25) is 4.68 Å². The van der Waals surface area contributed by atoms with E-state index in [2.05, 4.69) is 12.1 Å². The predicted octanol–water partition coefficient (Wildman–Crippen LogP) is 6.00. The second-order valence-electron chi connectivity index (χ2n) is 7.71. The van der Waals surface area contributed by atoms with Crippen LogP contribution in [0.3, 0.4) is 0 Å². The lowest BCUT2D eigenvalue weighted by Gasteiger charge is -2.13. The highest BCUT2D eigenvalue weighted by molar-refractivity contribution is 6.30. The zero-order chi connectivity index (χ0) is 22.7. The van der Waals surface area contributed by atoms with Crippen molar-refractivity contribution in [2.45, 2.75) is 20.4 Å². The van der Waals surface area contributed by atoms with Gasteiger partial charge >= 0.3 is 5.97 Å². The van der Waals surface area contributed by atoms with Crippen molar-refractivity contribution in [2.75, 3.05) is 6.61 Å². The van der Waals surface area contributed by atoms with Crippen LogP contribution in [-0.4, -0.2) is 27.5 Å². The maximum atomic E-state index is 11.1. The third-order valence-electron chi connectivity index (χ3n) is 5.13. The third kappa shape index (κ3) is 4.84. The molecule has 0 saturated heterocycles. The van der Waals surface area contributed by atoms with Crippen LogP contribution >= 0.6 is 11.6 Å². The van der Waals surface area contributed by atoms with Gasteiger partial charge in [-0.1, -0.05) is 60.1 Å². The summed E-state index contributed by atoms with van der Waals surface area (Å²) in [5.41, 5.74) is 6.45. The Kier molecular flexibility index (Phi) is 6.28. The summed E-state index contributed by atoms with van der Waals surface area (Å²) in [6, 6.07) is 23.7. The molecule has 0 saturated carbocycles. The van der Waals surface area contributed by atoms with Crippen molar-refractivity contribution in [2.24, 2.45) is 0 Å². The van der Waals surface area contributed by atoms with E-state index < -0.39 is 12.6 Å². The molecule has 1 N–H and O–H groups in total. The molecule has 0 radical (unpaired) electrons. The first kappa shape index (κ1) is 21.7. The van der Waals surface area contributed by atoms with Crippen molar-refractivity contribution in [3.8, 4) is 28.3 Å². The van der Waals surface area contributed by atoms with E-state index in [-0.39, 0.29) is 0 Å². The number of hydrogen-bond acceptors (Lipinski definition) is 3. The summed E-state index contributed by atoms with van der Waals surface area (Å²) in [6.07, 6.45) is 0. The average molecular weight is 447 g/mol. The molecule has 4 rings (SSSR count). The molecule has 1 aromatic heterocycles. The minimum atomic E-state index is -1.02. The lowest BCUT2D eigenvalue weighted by molar-refractivity contribution is -0.139. The van der Waals surface area contributed by atoms with Gasteiger partial charge in [0.05, 0.1) is 17.9 Å². The van der Waals surface area contributed by atoms with E-state index in [0.717, 1.165) is 39.2 Å². The van der Waals surface area contributed by atoms with Gasteiger partial charge in [-0.25, -0.2) is 4.79 Å². The topological polar surface area (TPSA) is 64.3 Å². The molecule has 3 aromatic carbocycles. The summed E-state index contributed by atoms with van der Waals surface area (Å²) in [5.74, 6) is -0.489. The molecule has 32 heavy (non-hydrogen) atoms. The number of benzene rings is 3. The van der Waals surface area contributed by atoms with Crippen molar-refractivity contribution in [3.63, 3.8) is 0 Å². The number of hydrogen-bond donors (Lipinski definition) is 1. The number of carbonyl (C=O) groups is 1. The molecular weight excluding hydrogens is 424 g/mol. The van der Waals surface area contributed by atoms with E-state index in [4.69, 9.17) is 26.5 Å². The zero-order valence-electron chi connectivity index (χ0n) is 17.9. The van der Waals surface area contributed by atoms with Crippen LogP contribution in [0.25, 0.3) is 22.5 Å². The van der Waals surface area contributed by atoms with Gasteiger partial charge in [0.1, 0.15) is 5.75 Å². The molecule has 0 aliphatic carbocycles. The zero-order valence-corrected chi connectivity index (χ0v) is 18.6. The smallest absolute Gasteiger partial charge is 0.341 e. The molecule has 162 valence electrons. The van der Waals surface area contributed by atoms with Gasteiger partial charge in [-0.2, -0.15) is 5.10 Å². The Morgan fingerprint density at radius 2 is 1.75 bits per heavy atom. The quantitative estimate of drug-likeness (QED) is 0.378. The molecule has 0 spiro atoms. The second-order valence-corrected chi connectivity index (χ2v) is 8.14. The summed E-state index contributed by atoms with van der Waals surface area (Å²) < 4.78 is 7.61. The van der Waals surface area contributed by atoms with Crippen LogP contribution in [0.15, 0.2) is 72.8 Å². The second kappa shape index (κ2) is 9.28. The molecule has 0 unspecified atom stereocenters. The van der Waals surface area contributed by atoms with Crippen molar-refractivity contribution < 1.29 is 14.6 Å². The number of aromatic nitrogens is 2. The molecule has 4 aromatic rings. The summed E-state index contributed by atoms with van der Waals surface area (Å²) in [4.78, 5) is 11.1. The van der Waals surface area contributed by atoms with Gasteiger partial charge in [0, 0.05) is 10.6 Å². The van der Waals surface area contributed by atoms with Crippen molar-refractivity contribution in [3.05, 3.63) is 94.5 Å². The first-order valence-electron chi connectivity index (χ1n) is 10.2. The molecule has 0 atom stereocenters. The van der Waals surface area contributed by atoms with Gasteiger partial charge < -0.3 is 9.84 Å². The first-order chi connectivity index (χ1) is 15.4. The fourth-order valence-electron chi connectivity index (χ4n) is 3.75. The maximum absolute atomic E-state index is 11.1. The van der Waals surface area contributed by atoms with E-state index in [9.17, 15) is 4.79 Å². The third-order valence-corrected chi connectivity index (χ3v) is 5.38. The molecule has 0 aliphatic rings. The number of ether oxygens (including phenoxy) is 1. The molecular formula is C26H23ClN2O3.